The first-order valence-electron chi connectivity index (χ1n) is 5.96. The van der Waals surface area contributed by atoms with Crippen molar-refractivity contribution in [3.8, 4) is 0 Å². The summed E-state index contributed by atoms with van der Waals surface area (Å²) in [5, 5.41) is 13.9. The molecule has 1 aromatic rings. The molecule has 0 bridgehead atoms. The molecule has 1 aliphatic heterocycles. The van der Waals surface area contributed by atoms with Gasteiger partial charge in [0.1, 0.15) is 5.82 Å². The summed E-state index contributed by atoms with van der Waals surface area (Å²) < 4.78 is 2.06. The molecule has 2 heterocycles. The molecule has 4 nitrogen and oxygen atoms in total. The highest BCUT2D eigenvalue weighted by molar-refractivity contribution is 5.39. The van der Waals surface area contributed by atoms with Gasteiger partial charge in [0.05, 0.1) is 17.8 Å². The van der Waals surface area contributed by atoms with Gasteiger partial charge in [-0.3, -0.25) is 0 Å². The first-order chi connectivity index (χ1) is 7.48. The minimum atomic E-state index is -0.123. The van der Waals surface area contributed by atoms with Gasteiger partial charge in [0.15, 0.2) is 0 Å². The third-order valence-electron chi connectivity index (χ3n) is 3.05. The summed E-state index contributed by atoms with van der Waals surface area (Å²) in [7, 11) is 0. The Bertz CT molecular complexity index is 345. The fourth-order valence-electron chi connectivity index (χ4n) is 2.15. The van der Waals surface area contributed by atoms with Crippen LogP contribution in [0.1, 0.15) is 33.6 Å². The van der Waals surface area contributed by atoms with Gasteiger partial charge < -0.3 is 10.0 Å². The van der Waals surface area contributed by atoms with Crippen LogP contribution < -0.4 is 4.90 Å². The van der Waals surface area contributed by atoms with Crippen molar-refractivity contribution in [1.29, 1.82) is 0 Å². The molecule has 16 heavy (non-hydrogen) atoms. The summed E-state index contributed by atoms with van der Waals surface area (Å²) in [5.41, 5.74) is 0.00883. The quantitative estimate of drug-likeness (QED) is 0.786. The number of aliphatic hydroxyl groups is 1. The summed E-state index contributed by atoms with van der Waals surface area (Å²) >= 11 is 0. The number of aliphatic hydroxyl groups excluding tert-OH is 1. The van der Waals surface area contributed by atoms with E-state index in [-0.39, 0.29) is 11.6 Å². The van der Waals surface area contributed by atoms with Crippen LogP contribution in [0.25, 0.3) is 0 Å². The maximum absolute atomic E-state index is 9.50. The van der Waals surface area contributed by atoms with E-state index in [0.717, 1.165) is 25.9 Å². The smallest absolute Gasteiger partial charge is 0.127 e. The van der Waals surface area contributed by atoms with E-state index in [1.807, 2.05) is 6.20 Å². The maximum atomic E-state index is 9.50. The molecule has 0 atom stereocenters. The van der Waals surface area contributed by atoms with Gasteiger partial charge in [-0.2, -0.15) is 5.10 Å². The minimum Gasteiger partial charge on any atom is -0.393 e. The molecule has 0 aromatic carbocycles. The lowest BCUT2D eigenvalue weighted by Crippen LogP contribution is -2.39. The van der Waals surface area contributed by atoms with Crippen molar-refractivity contribution in [2.75, 3.05) is 18.0 Å². The molecule has 1 aliphatic rings. The number of piperidine rings is 1. The zero-order valence-electron chi connectivity index (χ0n) is 10.3. The van der Waals surface area contributed by atoms with Gasteiger partial charge in [-0.25, -0.2) is 4.68 Å². The van der Waals surface area contributed by atoms with E-state index < -0.39 is 0 Å². The fraction of sp³-hybridized carbons (Fsp3) is 0.750. The first-order valence-corrected chi connectivity index (χ1v) is 5.96. The molecule has 0 spiro atoms. The first kappa shape index (κ1) is 11.5. The third kappa shape index (κ3) is 2.21. The van der Waals surface area contributed by atoms with Crippen molar-refractivity contribution >= 4 is 5.82 Å². The van der Waals surface area contributed by atoms with Crippen LogP contribution in [0.3, 0.4) is 0 Å². The Morgan fingerprint density at radius 2 is 1.94 bits per heavy atom. The zero-order chi connectivity index (χ0) is 11.8. The normalized spacial score (nSPS) is 19.1. The molecule has 0 aliphatic carbocycles. The van der Waals surface area contributed by atoms with Crippen LogP contribution in [0.15, 0.2) is 12.3 Å². The number of aromatic nitrogens is 2. The van der Waals surface area contributed by atoms with Gasteiger partial charge in [0.25, 0.3) is 0 Å². The second kappa shape index (κ2) is 4.09. The van der Waals surface area contributed by atoms with Gasteiger partial charge in [-0.05, 0) is 33.6 Å². The highest BCUT2D eigenvalue weighted by Crippen LogP contribution is 2.25. The molecule has 1 N–H and O–H groups in total. The average molecular weight is 223 g/mol. The van der Waals surface area contributed by atoms with Crippen LogP contribution >= 0.6 is 0 Å². The number of hydrogen-bond acceptors (Lipinski definition) is 3. The lowest BCUT2D eigenvalue weighted by Gasteiger charge is -2.34. The zero-order valence-corrected chi connectivity index (χ0v) is 10.3. The van der Waals surface area contributed by atoms with Crippen LogP contribution in [-0.2, 0) is 5.54 Å². The molecular weight excluding hydrogens is 202 g/mol. The van der Waals surface area contributed by atoms with Gasteiger partial charge in [-0.1, -0.05) is 0 Å². The van der Waals surface area contributed by atoms with E-state index in [2.05, 4.69) is 41.5 Å². The SMILES string of the molecule is CC(C)(C)n1nccc1N1CCC(O)CC1. The van der Waals surface area contributed by atoms with Crippen LogP contribution in [0.4, 0.5) is 5.82 Å². The number of nitrogens with zero attached hydrogens (tertiary/aromatic N) is 3. The molecule has 0 saturated carbocycles. The Hall–Kier alpha value is -1.03. The molecule has 4 heteroatoms. The van der Waals surface area contributed by atoms with Crippen molar-refractivity contribution in [2.45, 2.75) is 45.3 Å². The van der Waals surface area contributed by atoms with E-state index in [4.69, 9.17) is 0 Å². The molecule has 90 valence electrons. The summed E-state index contributed by atoms with van der Waals surface area (Å²) in [6, 6.07) is 2.06. The summed E-state index contributed by atoms with van der Waals surface area (Å²) in [5.74, 6) is 1.17. The third-order valence-corrected chi connectivity index (χ3v) is 3.05. The molecule has 1 saturated heterocycles. The minimum absolute atomic E-state index is 0.00883. The molecule has 0 radical (unpaired) electrons. The second-order valence-electron chi connectivity index (χ2n) is 5.49. The summed E-state index contributed by atoms with van der Waals surface area (Å²) in [4.78, 5) is 2.31. The van der Waals surface area contributed by atoms with Crippen LogP contribution in [0.2, 0.25) is 0 Å². The van der Waals surface area contributed by atoms with E-state index in [0.29, 0.717) is 0 Å². The summed E-state index contributed by atoms with van der Waals surface area (Å²) in [6.07, 6.45) is 3.44. The number of rotatable bonds is 1. The molecular formula is C12H21N3O. The topological polar surface area (TPSA) is 41.3 Å². The Morgan fingerprint density at radius 1 is 1.31 bits per heavy atom. The van der Waals surface area contributed by atoms with Crippen molar-refractivity contribution < 1.29 is 5.11 Å². The predicted molar refractivity (Wildman–Crippen MR) is 64.7 cm³/mol. The van der Waals surface area contributed by atoms with Gasteiger partial charge in [0, 0.05) is 19.2 Å². The molecule has 2 rings (SSSR count). The fourth-order valence-corrected chi connectivity index (χ4v) is 2.15. The highest BCUT2D eigenvalue weighted by atomic mass is 16.3. The Morgan fingerprint density at radius 3 is 2.50 bits per heavy atom. The summed E-state index contributed by atoms with van der Waals surface area (Å²) in [6.45, 7) is 8.30. The molecule has 0 unspecified atom stereocenters. The van der Waals surface area contributed by atoms with Crippen LogP contribution in [0, 0.1) is 0 Å². The maximum Gasteiger partial charge on any atom is 0.127 e. The molecule has 0 amide bonds. The molecule has 1 aromatic heterocycles. The van der Waals surface area contributed by atoms with Gasteiger partial charge in [-0.15, -0.1) is 0 Å². The standard InChI is InChI=1S/C12H21N3O/c1-12(2,3)15-11(4-7-13-15)14-8-5-10(16)6-9-14/h4,7,10,16H,5-6,8-9H2,1-3H3. The van der Waals surface area contributed by atoms with Crippen molar-refractivity contribution in [2.24, 2.45) is 0 Å². The highest BCUT2D eigenvalue weighted by Gasteiger charge is 2.24. The average Bonchev–Trinajstić information content (AvgIpc) is 2.66. The van der Waals surface area contributed by atoms with Gasteiger partial charge >= 0.3 is 0 Å². The van der Waals surface area contributed by atoms with Crippen molar-refractivity contribution in [3.63, 3.8) is 0 Å². The second-order valence-corrected chi connectivity index (χ2v) is 5.49. The lowest BCUT2D eigenvalue weighted by molar-refractivity contribution is 0.144. The number of hydrogen-bond donors (Lipinski definition) is 1. The van der Waals surface area contributed by atoms with E-state index in [9.17, 15) is 5.11 Å². The van der Waals surface area contributed by atoms with Crippen LogP contribution in [0.5, 0.6) is 0 Å². The van der Waals surface area contributed by atoms with Crippen LogP contribution in [-0.4, -0.2) is 34.1 Å². The number of anilines is 1. The van der Waals surface area contributed by atoms with Crippen molar-refractivity contribution in [3.05, 3.63) is 12.3 Å². The van der Waals surface area contributed by atoms with Crippen molar-refractivity contribution in [1.82, 2.24) is 9.78 Å². The largest absolute Gasteiger partial charge is 0.393 e. The lowest BCUT2D eigenvalue weighted by atomic mass is 10.1. The van der Waals surface area contributed by atoms with Gasteiger partial charge in [0.2, 0.25) is 0 Å². The predicted octanol–water partition coefficient (Wildman–Crippen LogP) is 1.60. The van der Waals surface area contributed by atoms with E-state index in [1.165, 1.54) is 5.82 Å². The van der Waals surface area contributed by atoms with E-state index >= 15 is 0 Å². The Balaban J connectivity index is 2.18. The Labute approximate surface area is 96.9 Å². The molecule has 1 fully saturated rings. The van der Waals surface area contributed by atoms with E-state index in [1.54, 1.807) is 0 Å². The Kier molecular flexibility index (Phi) is 2.93. The monoisotopic (exact) mass is 223 g/mol.